The normalized spacial score (nSPS) is 12.2. The van der Waals surface area contributed by atoms with Crippen molar-refractivity contribution in [2.75, 3.05) is 26.7 Å². The van der Waals surface area contributed by atoms with Gasteiger partial charge in [-0.25, -0.2) is 0 Å². The predicted molar refractivity (Wildman–Crippen MR) is 84.6 cm³/mol. The maximum absolute atomic E-state index is 12.4. The van der Waals surface area contributed by atoms with Crippen molar-refractivity contribution in [3.63, 3.8) is 0 Å². The molecule has 0 fully saturated rings. The van der Waals surface area contributed by atoms with Crippen LogP contribution in [0.25, 0.3) is 0 Å². The molecule has 0 aliphatic heterocycles. The van der Waals surface area contributed by atoms with Crippen LogP contribution in [0.15, 0.2) is 42.5 Å². The number of carbonyl (C=O) groups is 1. The summed E-state index contributed by atoms with van der Waals surface area (Å²) in [5, 5.41) is 0. The summed E-state index contributed by atoms with van der Waals surface area (Å²) in [6, 6.07) is 10.2. The number of hydrogen-bond donors (Lipinski definition) is 0. The van der Waals surface area contributed by atoms with E-state index in [1.165, 1.54) is 0 Å². The molecule has 0 saturated carbocycles. The Hall–Kier alpha value is -1.61. The highest BCUT2D eigenvalue weighted by Crippen LogP contribution is 2.18. The van der Waals surface area contributed by atoms with Gasteiger partial charge in [0.15, 0.2) is 0 Å². The SMILES string of the molecule is C=C(C)CN(CC)CC(=O)N(C)C(C)c1ccccc1. The highest BCUT2D eigenvalue weighted by atomic mass is 16.2. The minimum atomic E-state index is 0.0900. The van der Waals surface area contributed by atoms with Crippen LogP contribution in [-0.4, -0.2) is 42.4 Å². The summed E-state index contributed by atoms with van der Waals surface area (Å²) in [6.45, 7) is 12.1. The third kappa shape index (κ3) is 4.82. The maximum atomic E-state index is 12.4. The fourth-order valence-electron chi connectivity index (χ4n) is 2.14. The van der Waals surface area contributed by atoms with Crippen LogP contribution in [0, 0.1) is 0 Å². The zero-order chi connectivity index (χ0) is 15.1. The van der Waals surface area contributed by atoms with E-state index < -0.39 is 0 Å². The van der Waals surface area contributed by atoms with Gasteiger partial charge in [0.2, 0.25) is 5.91 Å². The van der Waals surface area contributed by atoms with E-state index in [0.29, 0.717) is 6.54 Å². The quantitative estimate of drug-likeness (QED) is 0.713. The van der Waals surface area contributed by atoms with Crippen molar-refractivity contribution in [3.05, 3.63) is 48.0 Å². The highest BCUT2D eigenvalue weighted by Gasteiger charge is 2.19. The number of amides is 1. The molecule has 0 heterocycles. The molecule has 0 N–H and O–H groups in total. The third-order valence-electron chi connectivity index (χ3n) is 3.56. The van der Waals surface area contributed by atoms with Crippen LogP contribution in [-0.2, 0) is 4.79 Å². The number of rotatable bonds is 7. The lowest BCUT2D eigenvalue weighted by Crippen LogP contribution is -2.40. The summed E-state index contributed by atoms with van der Waals surface area (Å²) in [5.41, 5.74) is 2.24. The van der Waals surface area contributed by atoms with Crippen molar-refractivity contribution < 1.29 is 4.79 Å². The first-order valence-electron chi connectivity index (χ1n) is 7.13. The van der Waals surface area contributed by atoms with Gasteiger partial charge < -0.3 is 4.90 Å². The molecule has 1 amide bonds. The third-order valence-corrected chi connectivity index (χ3v) is 3.56. The molecule has 1 aromatic rings. The van der Waals surface area contributed by atoms with E-state index >= 15 is 0 Å². The van der Waals surface area contributed by atoms with E-state index in [1.54, 1.807) is 0 Å². The van der Waals surface area contributed by atoms with E-state index in [0.717, 1.165) is 24.2 Å². The molecule has 1 unspecified atom stereocenters. The molecule has 1 atom stereocenters. The van der Waals surface area contributed by atoms with Crippen LogP contribution in [0.1, 0.15) is 32.4 Å². The number of nitrogens with zero attached hydrogens (tertiary/aromatic N) is 2. The number of likely N-dealkylation sites (N-methyl/N-ethyl adjacent to an activating group) is 2. The molecule has 0 aromatic heterocycles. The Balaban J connectivity index is 2.64. The average molecular weight is 274 g/mol. The highest BCUT2D eigenvalue weighted by molar-refractivity contribution is 5.78. The Labute approximate surface area is 122 Å². The monoisotopic (exact) mass is 274 g/mol. The second-order valence-corrected chi connectivity index (χ2v) is 5.35. The molecule has 110 valence electrons. The zero-order valence-electron chi connectivity index (χ0n) is 13.1. The summed E-state index contributed by atoms with van der Waals surface area (Å²) in [7, 11) is 1.87. The average Bonchev–Trinajstić information content (AvgIpc) is 2.45. The smallest absolute Gasteiger partial charge is 0.237 e. The molecule has 0 aliphatic rings. The Morgan fingerprint density at radius 2 is 1.85 bits per heavy atom. The zero-order valence-corrected chi connectivity index (χ0v) is 13.1. The van der Waals surface area contributed by atoms with Crippen molar-refractivity contribution in [1.82, 2.24) is 9.80 Å². The van der Waals surface area contributed by atoms with Crippen molar-refractivity contribution >= 4 is 5.91 Å². The molecule has 0 bridgehead atoms. The predicted octanol–water partition coefficient (Wildman–Crippen LogP) is 3.10. The van der Waals surface area contributed by atoms with Crippen LogP contribution in [0.5, 0.6) is 0 Å². The van der Waals surface area contributed by atoms with Crippen molar-refractivity contribution in [2.24, 2.45) is 0 Å². The Bertz CT molecular complexity index is 442. The van der Waals surface area contributed by atoms with Crippen molar-refractivity contribution in [2.45, 2.75) is 26.8 Å². The molecule has 1 rings (SSSR count). The topological polar surface area (TPSA) is 23.6 Å². The lowest BCUT2D eigenvalue weighted by Gasteiger charge is -2.28. The van der Waals surface area contributed by atoms with Gasteiger partial charge in [0, 0.05) is 13.6 Å². The first kappa shape index (κ1) is 16.4. The largest absolute Gasteiger partial charge is 0.338 e. The minimum absolute atomic E-state index is 0.0900. The summed E-state index contributed by atoms with van der Waals surface area (Å²) in [5.74, 6) is 0.143. The fraction of sp³-hybridized carbons (Fsp3) is 0.471. The van der Waals surface area contributed by atoms with E-state index in [9.17, 15) is 4.79 Å². The van der Waals surface area contributed by atoms with E-state index in [4.69, 9.17) is 0 Å². The van der Waals surface area contributed by atoms with Gasteiger partial charge in [0.1, 0.15) is 0 Å². The lowest BCUT2D eigenvalue weighted by molar-refractivity contribution is -0.132. The number of benzene rings is 1. The van der Waals surface area contributed by atoms with Gasteiger partial charge in [0.05, 0.1) is 12.6 Å². The van der Waals surface area contributed by atoms with E-state index in [1.807, 2.05) is 37.1 Å². The first-order valence-corrected chi connectivity index (χ1v) is 7.13. The van der Waals surface area contributed by atoms with Gasteiger partial charge in [-0.05, 0) is 26.0 Å². The van der Waals surface area contributed by atoms with Gasteiger partial charge >= 0.3 is 0 Å². The van der Waals surface area contributed by atoms with Gasteiger partial charge in [-0.3, -0.25) is 9.69 Å². The molecule has 1 aromatic carbocycles. The Kier molecular flexibility index (Phi) is 6.46. The molecular formula is C17H26N2O. The van der Waals surface area contributed by atoms with Crippen LogP contribution in [0.4, 0.5) is 0 Å². The van der Waals surface area contributed by atoms with Gasteiger partial charge in [0.25, 0.3) is 0 Å². The van der Waals surface area contributed by atoms with E-state index in [2.05, 4.69) is 37.5 Å². The number of hydrogen-bond acceptors (Lipinski definition) is 2. The molecule has 3 nitrogen and oxygen atoms in total. The molecule has 0 radical (unpaired) electrons. The second-order valence-electron chi connectivity index (χ2n) is 5.35. The summed E-state index contributed by atoms with van der Waals surface area (Å²) in [6.07, 6.45) is 0. The van der Waals surface area contributed by atoms with Crippen LogP contribution in [0.3, 0.4) is 0 Å². The molecule has 0 saturated heterocycles. The van der Waals surface area contributed by atoms with Gasteiger partial charge in [-0.15, -0.1) is 0 Å². The lowest BCUT2D eigenvalue weighted by atomic mass is 10.1. The summed E-state index contributed by atoms with van der Waals surface area (Å²) in [4.78, 5) is 16.3. The minimum Gasteiger partial charge on any atom is -0.338 e. The van der Waals surface area contributed by atoms with Crippen molar-refractivity contribution in [3.8, 4) is 0 Å². The number of carbonyl (C=O) groups excluding carboxylic acids is 1. The summed E-state index contributed by atoms with van der Waals surface area (Å²) < 4.78 is 0. The molecule has 0 spiro atoms. The Morgan fingerprint density at radius 3 is 2.35 bits per heavy atom. The summed E-state index contributed by atoms with van der Waals surface area (Å²) >= 11 is 0. The van der Waals surface area contributed by atoms with E-state index in [-0.39, 0.29) is 11.9 Å². The van der Waals surface area contributed by atoms with Crippen LogP contribution >= 0.6 is 0 Å². The molecule has 3 heteroatoms. The second kappa shape index (κ2) is 7.85. The molecule has 0 aliphatic carbocycles. The van der Waals surface area contributed by atoms with Gasteiger partial charge in [-0.1, -0.05) is 49.4 Å². The molecular weight excluding hydrogens is 248 g/mol. The maximum Gasteiger partial charge on any atom is 0.237 e. The standard InChI is InChI=1S/C17H26N2O/c1-6-19(12-14(2)3)13-17(20)18(5)15(4)16-10-8-7-9-11-16/h7-11,15H,2,6,12-13H2,1,3-5H3. The van der Waals surface area contributed by atoms with Gasteiger partial charge in [-0.2, -0.15) is 0 Å². The Morgan fingerprint density at radius 1 is 1.25 bits per heavy atom. The first-order chi connectivity index (χ1) is 9.45. The van der Waals surface area contributed by atoms with Crippen molar-refractivity contribution in [1.29, 1.82) is 0 Å². The molecule has 20 heavy (non-hydrogen) atoms. The fourth-order valence-corrected chi connectivity index (χ4v) is 2.14. The van der Waals surface area contributed by atoms with Crippen LogP contribution in [0.2, 0.25) is 0 Å². The van der Waals surface area contributed by atoms with Crippen LogP contribution < -0.4 is 0 Å².